The van der Waals surface area contributed by atoms with Crippen molar-refractivity contribution in [1.82, 2.24) is 19.6 Å². The molecular formula is C18H17ClF5N5O3. The lowest BCUT2D eigenvalue weighted by Crippen LogP contribution is -2.34. The molecule has 0 aliphatic carbocycles. The number of benzene rings is 1. The van der Waals surface area contributed by atoms with Gasteiger partial charge in [-0.15, -0.1) is 0 Å². The van der Waals surface area contributed by atoms with Gasteiger partial charge in [0.1, 0.15) is 47.3 Å². The van der Waals surface area contributed by atoms with Crippen molar-refractivity contribution in [2.45, 2.75) is 19.1 Å². The number of fused-ring (bicyclic) bond motifs is 1. The van der Waals surface area contributed by atoms with Gasteiger partial charge in [0.25, 0.3) is 5.78 Å². The van der Waals surface area contributed by atoms with E-state index in [1.54, 1.807) is 0 Å². The van der Waals surface area contributed by atoms with Crippen molar-refractivity contribution < 1.29 is 36.5 Å². The monoisotopic (exact) mass is 481 g/mol. The Balaban J connectivity index is 2.03. The molecule has 0 saturated carbocycles. The van der Waals surface area contributed by atoms with E-state index < -0.39 is 46.0 Å². The van der Waals surface area contributed by atoms with E-state index in [0.717, 1.165) is 29.9 Å². The summed E-state index contributed by atoms with van der Waals surface area (Å²) in [4.78, 5) is 7.62. The van der Waals surface area contributed by atoms with Crippen LogP contribution in [0.2, 0.25) is 5.15 Å². The minimum Gasteiger partial charge on any atom is -0.491 e. The Hall–Kier alpha value is -2.77. The first-order chi connectivity index (χ1) is 15.1. The zero-order chi connectivity index (χ0) is 23.5. The number of nitrogens with zero attached hydrogens (tertiary/aromatic N) is 4. The van der Waals surface area contributed by atoms with E-state index in [1.807, 2.05) is 0 Å². The maximum atomic E-state index is 14.9. The summed E-state index contributed by atoms with van der Waals surface area (Å²) in [5, 5.41) is 14.1. The molecule has 14 heteroatoms. The first-order valence-corrected chi connectivity index (χ1v) is 9.54. The third kappa shape index (κ3) is 5.16. The number of nitrogens with one attached hydrogen (secondary N) is 1. The van der Waals surface area contributed by atoms with Crippen molar-refractivity contribution in [3.63, 3.8) is 0 Å². The number of halogens is 6. The van der Waals surface area contributed by atoms with E-state index >= 15 is 0 Å². The van der Waals surface area contributed by atoms with E-state index in [-0.39, 0.29) is 38.0 Å². The molecule has 3 aromatic rings. The number of aromatic nitrogens is 4. The second-order valence-corrected chi connectivity index (χ2v) is 6.81. The number of alkyl halides is 3. The van der Waals surface area contributed by atoms with Crippen LogP contribution in [-0.4, -0.2) is 63.3 Å². The summed E-state index contributed by atoms with van der Waals surface area (Å²) in [7, 11) is 0. The molecule has 0 bridgehead atoms. The highest BCUT2D eigenvalue weighted by Gasteiger charge is 2.37. The second kappa shape index (κ2) is 9.79. The highest BCUT2D eigenvalue weighted by molar-refractivity contribution is 6.33. The largest absolute Gasteiger partial charge is 0.491 e. The molecule has 0 saturated heterocycles. The van der Waals surface area contributed by atoms with Crippen LogP contribution < -0.4 is 10.1 Å². The normalized spacial score (nSPS) is 12.9. The van der Waals surface area contributed by atoms with Gasteiger partial charge in [-0.2, -0.15) is 32.8 Å². The molecule has 1 unspecified atom stereocenters. The van der Waals surface area contributed by atoms with Crippen LogP contribution in [0.5, 0.6) is 5.75 Å². The van der Waals surface area contributed by atoms with Crippen molar-refractivity contribution in [1.29, 1.82) is 0 Å². The highest BCUT2D eigenvalue weighted by Crippen LogP contribution is 2.39. The number of rotatable bonds is 9. The minimum absolute atomic E-state index is 0.0542. The average Bonchev–Trinajstić information content (AvgIpc) is 3.16. The van der Waals surface area contributed by atoms with E-state index in [1.165, 1.54) is 0 Å². The summed E-state index contributed by atoms with van der Waals surface area (Å²) in [5.41, 5.74) is -1.19. The molecule has 32 heavy (non-hydrogen) atoms. The van der Waals surface area contributed by atoms with Crippen LogP contribution in [0, 0.1) is 11.6 Å². The third-order valence-electron chi connectivity index (χ3n) is 4.22. The standard InChI is InChI=1S/C18H17ClF5N5O3/c1-9(18(22,23)24)27-16-14(15(19)28-17-25-8-26-29(16)17)13-11(20)6-10(7-12(13)21)32-5-4-31-3-2-30/h6-9,27,30H,2-5H2,1H3. The van der Waals surface area contributed by atoms with Crippen LogP contribution in [-0.2, 0) is 4.74 Å². The van der Waals surface area contributed by atoms with Crippen LogP contribution in [0.3, 0.4) is 0 Å². The Morgan fingerprint density at radius 1 is 1.16 bits per heavy atom. The van der Waals surface area contributed by atoms with E-state index in [9.17, 15) is 22.0 Å². The first kappa shape index (κ1) is 23.9. The molecule has 0 aliphatic heterocycles. The number of hydrogen-bond acceptors (Lipinski definition) is 7. The number of hydrogen-bond donors (Lipinski definition) is 2. The summed E-state index contributed by atoms with van der Waals surface area (Å²) in [6.45, 7) is 0.720. The lowest BCUT2D eigenvalue weighted by molar-refractivity contribution is -0.138. The van der Waals surface area contributed by atoms with Gasteiger partial charge in [-0.25, -0.2) is 8.78 Å². The Bertz CT molecular complexity index is 1070. The average molecular weight is 482 g/mol. The summed E-state index contributed by atoms with van der Waals surface area (Å²) < 4.78 is 80.4. The van der Waals surface area contributed by atoms with Gasteiger partial charge in [-0.1, -0.05) is 11.6 Å². The SMILES string of the molecule is CC(Nc1c(-c2c(F)cc(OCCOCCO)cc2F)c(Cl)nc2ncnn12)C(F)(F)F. The molecule has 0 aliphatic rings. The zero-order valence-corrected chi connectivity index (χ0v) is 17.2. The Labute approximate surface area is 182 Å². The fraction of sp³-hybridized carbons (Fsp3) is 0.389. The number of anilines is 1. The third-order valence-corrected chi connectivity index (χ3v) is 4.50. The van der Waals surface area contributed by atoms with Gasteiger partial charge < -0.3 is 19.9 Å². The molecule has 0 spiro atoms. The fourth-order valence-electron chi connectivity index (χ4n) is 2.72. The molecule has 0 fully saturated rings. The van der Waals surface area contributed by atoms with Crippen LogP contribution >= 0.6 is 11.6 Å². The molecule has 174 valence electrons. The van der Waals surface area contributed by atoms with Crippen molar-refractivity contribution in [2.75, 3.05) is 31.7 Å². The van der Waals surface area contributed by atoms with Crippen molar-refractivity contribution in [3.8, 4) is 16.9 Å². The molecular weight excluding hydrogens is 465 g/mol. The number of aliphatic hydroxyl groups is 1. The number of ether oxygens (including phenoxy) is 2. The van der Waals surface area contributed by atoms with E-state index in [0.29, 0.717) is 0 Å². The van der Waals surface area contributed by atoms with Gasteiger partial charge in [-0.05, 0) is 6.92 Å². The maximum Gasteiger partial charge on any atom is 0.408 e. The van der Waals surface area contributed by atoms with Crippen LogP contribution in [0.25, 0.3) is 16.9 Å². The quantitative estimate of drug-likeness (QED) is 0.274. The Morgan fingerprint density at radius 2 is 1.84 bits per heavy atom. The lowest BCUT2D eigenvalue weighted by atomic mass is 10.1. The molecule has 0 amide bonds. The topological polar surface area (TPSA) is 93.8 Å². The molecule has 1 atom stereocenters. The smallest absolute Gasteiger partial charge is 0.408 e. The van der Waals surface area contributed by atoms with E-state index in [4.69, 9.17) is 26.2 Å². The Kier molecular flexibility index (Phi) is 7.31. The van der Waals surface area contributed by atoms with Crippen LogP contribution in [0.4, 0.5) is 27.8 Å². The Morgan fingerprint density at radius 3 is 2.47 bits per heavy atom. The van der Waals surface area contributed by atoms with Gasteiger partial charge in [-0.3, -0.25) is 0 Å². The van der Waals surface area contributed by atoms with Crippen molar-refractivity contribution >= 4 is 23.2 Å². The molecule has 8 nitrogen and oxygen atoms in total. The minimum atomic E-state index is -4.67. The molecule has 1 aromatic carbocycles. The van der Waals surface area contributed by atoms with Gasteiger partial charge in [0.05, 0.1) is 30.9 Å². The highest BCUT2D eigenvalue weighted by atomic mass is 35.5. The molecule has 3 rings (SSSR count). The van der Waals surface area contributed by atoms with Gasteiger partial charge in [0.2, 0.25) is 0 Å². The van der Waals surface area contributed by atoms with Crippen molar-refractivity contribution in [2.24, 2.45) is 0 Å². The van der Waals surface area contributed by atoms with Gasteiger partial charge in [0.15, 0.2) is 0 Å². The molecule has 2 heterocycles. The van der Waals surface area contributed by atoms with Crippen LogP contribution in [0.1, 0.15) is 6.92 Å². The maximum absolute atomic E-state index is 14.9. The predicted molar refractivity (Wildman–Crippen MR) is 104 cm³/mol. The second-order valence-electron chi connectivity index (χ2n) is 6.45. The van der Waals surface area contributed by atoms with E-state index in [2.05, 4.69) is 20.4 Å². The fourth-order valence-corrected chi connectivity index (χ4v) is 2.98. The summed E-state index contributed by atoms with van der Waals surface area (Å²) >= 11 is 6.10. The summed E-state index contributed by atoms with van der Waals surface area (Å²) in [6, 6.07) is -0.410. The zero-order valence-electron chi connectivity index (χ0n) is 16.5. The van der Waals surface area contributed by atoms with Crippen LogP contribution in [0.15, 0.2) is 18.5 Å². The lowest BCUT2D eigenvalue weighted by Gasteiger charge is -2.21. The first-order valence-electron chi connectivity index (χ1n) is 9.16. The summed E-state index contributed by atoms with van der Waals surface area (Å²) in [6.07, 6.45) is -3.67. The summed E-state index contributed by atoms with van der Waals surface area (Å²) in [5.74, 6) is -3.09. The number of aliphatic hydroxyl groups excluding tert-OH is 1. The predicted octanol–water partition coefficient (Wildman–Crippen LogP) is 3.47. The van der Waals surface area contributed by atoms with Crippen molar-refractivity contribution in [3.05, 3.63) is 35.2 Å². The van der Waals surface area contributed by atoms with Gasteiger partial charge >= 0.3 is 6.18 Å². The molecule has 0 radical (unpaired) electrons. The molecule has 2 N–H and O–H groups in total. The molecule has 2 aromatic heterocycles. The van der Waals surface area contributed by atoms with Gasteiger partial charge in [0, 0.05) is 12.1 Å².